The Bertz CT molecular complexity index is 566. The zero-order valence-electron chi connectivity index (χ0n) is 14.5. The van der Waals surface area contributed by atoms with Crippen molar-refractivity contribution >= 4 is 11.8 Å². The first-order valence-corrected chi connectivity index (χ1v) is 8.28. The number of hydrogen-bond acceptors (Lipinski definition) is 5. The maximum atomic E-state index is 11.9. The van der Waals surface area contributed by atoms with Crippen LogP contribution >= 0.6 is 0 Å². The fourth-order valence-electron chi connectivity index (χ4n) is 2.51. The van der Waals surface area contributed by atoms with Crippen LogP contribution in [-0.4, -0.2) is 47.0 Å². The number of ether oxygens (including phenoxy) is 2. The summed E-state index contributed by atoms with van der Waals surface area (Å²) in [6.45, 7) is 6.55. The Morgan fingerprint density at radius 3 is 2.83 bits per heavy atom. The SMILES string of the molecule is Cc1cc(C)n(CC(=O)NNC(=O)C(C)OCC2CCCCO2)n1. The number of carbonyl (C=O) groups is 2. The van der Waals surface area contributed by atoms with Gasteiger partial charge in [0.15, 0.2) is 0 Å². The maximum absolute atomic E-state index is 11.9. The van der Waals surface area contributed by atoms with E-state index in [2.05, 4.69) is 16.0 Å². The molecule has 0 saturated carbocycles. The topological polar surface area (TPSA) is 94.5 Å². The molecule has 2 atom stereocenters. The van der Waals surface area contributed by atoms with E-state index in [1.807, 2.05) is 19.9 Å². The van der Waals surface area contributed by atoms with Gasteiger partial charge in [0, 0.05) is 12.3 Å². The second-order valence-electron chi connectivity index (χ2n) is 6.09. The molecule has 0 aliphatic carbocycles. The van der Waals surface area contributed by atoms with Crippen molar-refractivity contribution in [2.75, 3.05) is 13.2 Å². The molecule has 2 amide bonds. The third kappa shape index (κ3) is 5.61. The highest BCUT2D eigenvalue weighted by Gasteiger charge is 2.19. The first kappa shape index (κ1) is 18.4. The monoisotopic (exact) mass is 338 g/mol. The van der Waals surface area contributed by atoms with Crippen molar-refractivity contribution in [2.24, 2.45) is 0 Å². The lowest BCUT2D eigenvalue weighted by atomic mass is 10.1. The smallest absolute Gasteiger partial charge is 0.267 e. The van der Waals surface area contributed by atoms with Crippen LogP contribution in [0.5, 0.6) is 0 Å². The van der Waals surface area contributed by atoms with Crippen LogP contribution in [0.25, 0.3) is 0 Å². The van der Waals surface area contributed by atoms with Gasteiger partial charge in [0.1, 0.15) is 12.6 Å². The largest absolute Gasteiger partial charge is 0.376 e. The van der Waals surface area contributed by atoms with Crippen LogP contribution in [0.15, 0.2) is 6.07 Å². The Labute approximate surface area is 141 Å². The number of hydrogen-bond donors (Lipinski definition) is 2. The van der Waals surface area contributed by atoms with E-state index in [1.54, 1.807) is 11.6 Å². The van der Waals surface area contributed by atoms with Crippen LogP contribution in [0.4, 0.5) is 0 Å². The molecule has 1 aliphatic heterocycles. The lowest BCUT2D eigenvalue weighted by Crippen LogP contribution is -2.48. The first-order chi connectivity index (χ1) is 11.5. The summed E-state index contributed by atoms with van der Waals surface area (Å²) in [5.74, 6) is -0.745. The molecule has 1 aromatic heterocycles. The van der Waals surface area contributed by atoms with Gasteiger partial charge >= 0.3 is 0 Å². The molecule has 1 fully saturated rings. The van der Waals surface area contributed by atoms with E-state index in [0.717, 1.165) is 37.3 Å². The van der Waals surface area contributed by atoms with E-state index >= 15 is 0 Å². The summed E-state index contributed by atoms with van der Waals surface area (Å²) in [4.78, 5) is 23.8. The summed E-state index contributed by atoms with van der Waals surface area (Å²) >= 11 is 0. The minimum Gasteiger partial charge on any atom is -0.376 e. The summed E-state index contributed by atoms with van der Waals surface area (Å²) in [6, 6.07) is 1.88. The van der Waals surface area contributed by atoms with Gasteiger partial charge in [0.2, 0.25) is 0 Å². The maximum Gasteiger partial charge on any atom is 0.267 e. The Morgan fingerprint density at radius 2 is 2.21 bits per heavy atom. The van der Waals surface area contributed by atoms with E-state index < -0.39 is 12.0 Å². The van der Waals surface area contributed by atoms with Crippen LogP contribution in [0.2, 0.25) is 0 Å². The minimum atomic E-state index is -0.662. The number of hydrazine groups is 1. The summed E-state index contributed by atoms with van der Waals surface area (Å²) in [6.07, 6.45) is 2.54. The van der Waals surface area contributed by atoms with Gasteiger partial charge in [0.25, 0.3) is 11.8 Å². The molecule has 8 nitrogen and oxygen atoms in total. The number of nitrogens with zero attached hydrogens (tertiary/aromatic N) is 2. The Balaban J connectivity index is 1.67. The summed E-state index contributed by atoms with van der Waals surface area (Å²) in [7, 11) is 0. The fourth-order valence-corrected chi connectivity index (χ4v) is 2.51. The van der Waals surface area contributed by atoms with Gasteiger partial charge in [-0.25, -0.2) is 0 Å². The van der Waals surface area contributed by atoms with Gasteiger partial charge in [-0.1, -0.05) is 0 Å². The van der Waals surface area contributed by atoms with Crippen LogP contribution < -0.4 is 10.9 Å². The van der Waals surface area contributed by atoms with E-state index in [9.17, 15) is 9.59 Å². The molecule has 2 rings (SSSR count). The van der Waals surface area contributed by atoms with Crippen molar-refractivity contribution < 1.29 is 19.1 Å². The Hall–Kier alpha value is -1.93. The van der Waals surface area contributed by atoms with Crippen molar-refractivity contribution in [1.29, 1.82) is 0 Å². The van der Waals surface area contributed by atoms with Gasteiger partial charge in [-0.2, -0.15) is 5.10 Å². The van der Waals surface area contributed by atoms with Crippen molar-refractivity contribution in [3.63, 3.8) is 0 Å². The number of aryl methyl sites for hydroxylation is 2. The highest BCUT2D eigenvalue weighted by Crippen LogP contribution is 2.13. The summed E-state index contributed by atoms with van der Waals surface area (Å²) in [5, 5.41) is 4.20. The molecule has 1 aromatic rings. The minimum absolute atomic E-state index is 0.0467. The molecule has 1 aliphatic rings. The Kier molecular flexibility index (Phi) is 6.74. The van der Waals surface area contributed by atoms with E-state index in [1.165, 1.54) is 0 Å². The zero-order chi connectivity index (χ0) is 17.5. The molecule has 1 saturated heterocycles. The van der Waals surface area contributed by atoms with Gasteiger partial charge < -0.3 is 9.47 Å². The third-order valence-corrected chi connectivity index (χ3v) is 3.90. The second-order valence-corrected chi connectivity index (χ2v) is 6.09. The van der Waals surface area contributed by atoms with E-state index in [0.29, 0.717) is 6.61 Å². The fraction of sp³-hybridized carbons (Fsp3) is 0.688. The number of carbonyl (C=O) groups excluding carboxylic acids is 2. The van der Waals surface area contributed by atoms with Crippen LogP contribution in [0.3, 0.4) is 0 Å². The number of rotatable bonds is 6. The highest BCUT2D eigenvalue weighted by atomic mass is 16.5. The number of aromatic nitrogens is 2. The number of nitrogens with one attached hydrogen (secondary N) is 2. The normalized spacial score (nSPS) is 18.9. The van der Waals surface area contributed by atoms with Gasteiger partial charge in [-0.05, 0) is 46.1 Å². The van der Waals surface area contributed by atoms with Gasteiger partial charge in [0.05, 0.1) is 18.4 Å². The molecule has 8 heteroatoms. The molecule has 2 heterocycles. The van der Waals surface area contributed by atoms with Crippen LogP contribution in [0, 0.1) is 13.8 Å². The van der Waals surface area contributed by atoms with E-state index in [-0.39, 0.29) is 18.6 Å². The number of amides is 2. The lowest BCUT2D eigenvalue weighted by molar-refractivity contribution is -0.139. The predicted octanol–water partition coefficient (Wildman–Crippen LogP) is 0.622. The molecule has 0 radical (unpaired) electrons. The predicted molar refractivity (Wildman–Crippen MR) is 87.0 cm³/mol. The molecule has 2 unspecified atom stereocenters. The average Bonchev–Trinajstić information content (AvgIpc) is 2.88. The molecular weight excluding hydrogens is 312 g/mol. The van der Waals surface area contributed by atoms with Crippen LogP contribution in [0.1, 0.15) is 37.6 Å². The quantitative estimate of drug-likeness (QED) is 0.742. The highest BCUT2D eigenvalue weighted by molar-refractivity contribution is 5.84. The van der Waals surface area contributed by atoms with Crippen molar-refractivity contribution in [3.8, 4) is 0 Å². The average molecular weight is 338 g/mol. The first-order valence-electron chi connectivity index (χ1n) is 8.28. The van der Waals surface area contributed by atoms with Gasteiger partial charge in [-0.3, -0.25) is 25.1 Å². The van der Waals surface area contributed by atoms with Gasteiger partial charge in [-0.15, -0.1) is 0 Å². The zero-order valence-corrected chi connectivity index (χ0v) is 14.5. The Morgan fingerprint density at radius 1 is 1.42 bits per heavy atom. The molecule has 2 N–H and O–H groups in total. The molecule has 24 heavy (non-hydrogen) atoms. The van der Waals surface area contributed by atoms with E-state index in [4.69, 9.17) is 9.47 Å². The molecular formula is C16H26N4O4. The molecule has 0 spiro atoms. The van der Waals surface area contributed by atoms with Crippen LogP contribution in [-0.2, 0) is 25.6 Å². The molecule has 0 aromatic carbocycles. The third-order valence-electron chi connectivity index (χ3n) is 3.90. The lowest BCUT2D eigenvalue weighted by Gasteiger charge is -2.23. The standard InChI is InChI=1S/C16H26N4O4/c1-11-8-12(2)20(19-11)9-15(21)17-18-16(22)13(3)24-10-14-6-4-5-7-23-14/h8,13-14H,4-7,9-10H2,1-3H3,(H,17,21)(H,18,22). The second kappa shape index (κ2) is 8.79. The summed E-state index contributed by atoms with van der Waals surface area (Å²) in [5.41, 5.74) is 6.48. The summed E-state index contributed by atoms with van der Waals surface area (Å²) < 4.78 is 12.6. The molecule has 134 valence electrons. The molecule has 0 bridgehead atoms. The van der Waals surface area contributed by atoms with Crippen molar-refractivity contribution in [2.45, 2.75) is 58.8 Å². The van der Waals surface area contributed by atoms with Crippen molar-refractivity contribution in [1.82, 2.24) is 20.6 Å². The van der Waals surface area contributed by atoms with Crippen molar-refractivity contribution in [3.05, 3.63) is 17.5 Å².